The molecular formula is C29H27ClF4N4O5. The van der Waals surface area contributed by atoms with Crippen molar-refractivity contribution in [3.63, 3.8) is 0 Å². The quantitative estimate of drug-likeness (QED) is 0.246. The van der Waals surface area contributed by atoms with Crippen molar-refractivity contribution in [3.8, 4) is 11.3 Å². The molecule has 43 heavy (non-hydrogen) atoms. The summed E-state index contributed by atoms with van der Waals surface area (Å²) in [6, 6.07) is 5.96. The maximum atomic E-state index is 14.9. The highest BCUT2D eigenvalue weighted by Gasteiger charge is 2.42. The second-order valence-corrected chi connectivity index (χ2v) is 10.7. The van der Waals surface area contributed by atoms with E-state index in [0.717, 1.165) is 6.07 Å². The first-order valence-corrected chi connectivity index (χ1v) is 13.9. The molecule has 1 fully saturated rings. The smallest absolute Gasteiger partial charge is 0.416 e. The third-order valence-corrected chi connectivity index (χ3v) is 7.80. The first-order chi connectivity index (χ1) is 20.5. The van der Waals surface area contributed by atoms with Crippen molar-refractivity contribution in [2.75, 3.05) is 19.0 Å². The van der Waals surface area contributed by atoms with Gasteiger partial charge in [0, 0.05) is 30.5 Å². The minimum absolute atomic E-state index is 0.0115. The summed E-state index contributed by atoms with van der Waals surface area (Å²) in [4.78, 5) is 46.8. The number of H-pyrrole nitrogens is 1. The zero-order chi connectivity index (χ0) is 30.9. The standard InChI is InChI=1S/C29H27ClF4N4O5/c1-42-24(40)13-15-6-7-16-19(12-15)36-23(39)5-3-2-4-21(27-35-14-20(16)37-27)38-11-10-22(43-28(38)41)25-17(29(32,33)34)8-9-18(30)26(25)31/h6-9,12,14,21-22H,2-5,10-11,13H2,1H3,(H,35,37)(H,36,39)/t21-,22?/m0/s1. The van der Waals surface area contributed by atoms with Crippen molar-refractivity contribution in [2.24, 2.45) is 0 Å². The summed E-state index contributed by atoms with van der Waals surface area (Å²) in [5.74, 6) is -1.55. The van der Waals surface area contributed by atoms with Crippen molar-refractivity contribution in [1.29, 1.82) is 0 Å². The van der Waals surface area contributed by atoms with Crippen LogP contribution in [-0.4, -0.2) is 46.5 Å². The average molecular weight is 623 g/mol. The van der Waals surface area contributed by atoms with E-state index in [-0.39, 0.29) is 31.7 Å². The molecule has 2 amide bonds. The maximum absolute atomic E-state index is 14.9. The molecule has 2 atom stereocenters. The number of imidazole rings is 1. The summed E-state index contributed by atoms with van der Waals surface area (Å²) in [6.07, 6.45) is -4.32. The number of alkyl halides is 3. The number of esters is 1. The van der Waals surface area contributed by atoms with Crippen LogP contribution in [0.4, 0.5) is 28.0 Å². The Hall–Kier alpha value is -4.13. The van der Waals surface area contributed by atoms with E-state index in [1.165, 1.54) is 12.0 Å². The van der Waals surface area contributed by atoms with Crippen molar-refractivity contribution in [1.82, 2.24) is 14.9 Å². The van der Waals surface area contributed by atoms with Crippen LogP contribution < -0.4 is 5.32 Å². The Morgan fingerprint density at radius 1 is 1.19 bits per heavy atom. The van der Waals surface area contributed by atoms with E-state index in [0.29, 0.717) is 53.7 Å². The molecular weight excluding hydrogens is 596 g/mol. The third kappa shape index (κ3) is 6.46. The van der Waals surface area contributed by atoms with Gasteiger partial charge in [-0.25, -0.2) is 14.2 Å². The van der Waals surface area contributed by atoms with E-state index in [2.05, 4.69) is 15.3 Å². The van der Waals surface area contributed by atoms with Gasteiger partial charge < -0.3 is 19.8 Å². The molecule has 0 saturated carbocycles. The average Bonchev–Trinajstić information content (AvgIpc) is 3.43. The molecule has 1 aromatic heterocycles. The van der Waals surface area contributed by atoms with Crippen molar-refractivity contribution in [3.05, 3.63) is 69.9 Å². The minimum Gasteiger partial charge on any atom is -0.469 e. The molecule has 14 heteroatoms. The van der Waals surface area contributed by atoms with Gasteiger partial charge in [-0.3, -0.25) is 14.5 Å². The molecule has 0 radical (unpaired) electrons. The second kappa shape index (κ2) is 12.2. The monoisotopic (exact) mass is 622 g/mol. The fraction of sp³-hybridized carbons (Fsp3) is 0.379. The Balaban J connectivity index is 1.44. The van der Waals surface area contributed by atoms with Crippen LogP contribution >= 0.6 is 11.6 Å². The Kier molecular flexibility index (Phi) is 8.63. The van der Waals surface area contributed by atoms with Crippen molar-refractivity contribution >= 4 is 35.3 Å². The summed E-state index contributed by atoms with van der Waals surface area (Å²) in [7, 11) is 1.29. The number of carbonyl (C=O) groups is 3. The van der Waals surface area contributed by atoms with Crippen LogP contribution in [0.15, 0.2) is 36.5 Å². The normalized spacial score (nSPS) is 19.4. The lowest BCUT2D eigenvalue weighted by Gasteiger charge is -2.37. The molecule has 2 aliphatic heterocycles. The highest BCUT2D eigenvalue weighted by molar-refractivity contribution is 6.30. The first-order valence-electron chi connectivity index (χ1n) is 13.5. The number of rotatable bonds is 4. The lowest BCUT2D eigenvalue weighted by atomic mass is 9.97. The molecule has 2 aliphatic rings. The molecule has 9 nitrogen and oxygen atoms in total. The zero-order valence-corrected chi connectivity index (χ0v) is 23.6. The summed E-state index contributed by atoms with van der Waals surface area (Å²) < 4.78 is 66.1. The zero-order valence-electron chi connectivity index (χ0n) is 22.9. The lowest BCUT2D eigenvalue weighted by Crippen LogP contribution is -2.42. The van der Waals surface area contributed by atoms with Gasteiger partial charge in [0.15, 0.2) is 0 Å². The number of aromatic amines is 1. The molecule has 2 bridgehead atoms. The topological polar surface area (TPSA) is 114 Å². The van der Waals surface area contributed by atoms with Gasteiger partial charge in [-0.15, -0.1) is 0 Å². The van der Waals surface area contributed by atoms with Gasteiger partial charge in [-0.1, -0.05) is 30.2 Å². The number of amides is 2. The fourth-order valence-electron chi connectivity index (χ4n) is 5.41. The number of hydrogen-bond donors (Lipinski definition) is 2. The SMILES string of the molecule is COC(=O)Cc1ccc2c(c1)NC(=O)CCCC[C@H](N1CCC(c3c(C(F)(F)F)ccc(Cl)c3F)OC1=O)c1ncc-2[nH]1. The summed E-state index contributed by atoms with van der Waals surface area (Å²) >= 11 is 5.78. The van der Waals surface area contributed by atoms with Crippen LogP contribution in [0, 0.1) is 5.82 Å². The summed E-state index contributed by atoms with van der Waals surface area (Å²) in [6.45, 7) is -0.0403. The number of ether oxygens (including phenoxy) is 2. The molecule has 3 aromatic rings. The van der Waals surface area contributed by atoms with Gasteiger partial charge in [-0.05, 0) is 36.6 Å². The third-order valence-electron chi connectivity index (χ3n) is 7.51. The number of nitrogens with zero attached hydrogens (tertiary/aromatic N) is 2. The number of carbonyl (C=O) groups excluding carboxylic acids is 3. The molecule has 2 aromatic carbocycles. The van der Waals surface area contributed by atoms with Crippen LogP contribution in [0.5, 0.6) is 0 Å². The van der Waals surface area contributed by atoms with E-state index in [1.807, 2.05) is 0 Å². The molecule has 1 saturated heterocycles. The summed E-state index contributed by atoms with van der Waals surface area (Å²) in [5.41, 5.74) is 0.154. The Labute approximate surface area is 248 Å². The van der Waals surface area contributed by atoms with E-state index >= 15 is 0 Å². The number of benzene rings is 2. The Morgan fingerprint density at radius 3 is 2.70 bits per heavy atom. The lowest BCUT2D eigenvalue weighted by molar-refractivity contribution is -0.140. The number of anilines is 1. The number of nitrogens with one attached hydrogen (secondary N) is 2. The fourth-order valence-corrected chi connectivity index (χ4v) is 5.57. The number of methoxy groups -OCH3 is 1. The molecule has 2 N–H and O–H groups in total. The molecule has 228 valence electrons. The van der Waals surface area contributed by atoms with E-state index < -0.39 is 52.4 Å². The molecule has 5 rings (SSSR count). The van der Waals surface area contributed by atoms with Gasteiger partial charge in [0.1, 0.15) is 17.7 Å². The van der Waals surface area contributed by atoms with Crippen LogP contribution in [0.3, 0.4) is 0 Å². The van der Waals surface area contributed by atoms with E-state index in [9.17, 15) is 31.9 Å². The van der Waals surface area contributed by atoms with Crippen LogP contribution in [0.25, 0.3) is 11.3 Å². The van der Waals surface area contributed by atoms with Crippen LogP contribution in [0.1, 0.15) is 66.8 Å². The van der Waals surface area contributed by atoms with Crippen LogP contribution in [0.2, 0.25) is 5.02 Å². The first kappa shape index (κ1) is 30.3. The Morgan fingerprint density at radius 2 is 1.98 bits per heavy atom. The number of halogens is 5. The largest absolute Gasteiger partial charge is 0.469 e. The molecule has 0 aliphatic carbocycles. The number of cyclic esters (lactones) is 1. The predicted molar refractivity (Wildman–Crippen MR) is 147 cm³/mol. The van der Waals surface area contributed by atoms with Gasteiger partial charge in [0.2, 0.25) is 5.91 Å². The van der Waals surface area contributed by atoms with Crippen molar-refractivity contribution in [2.45, 2.75) is 56.8 Å². The molecule has 1 unspecified atom stereocenters. The second-order valence-electron chi connectivity index (χ2n) is 10.3. The number of aromatic nitrogens is 2. The van der Waals surface area contributed by atoms with Gasteiger partial charge in [0.25, 0.3) is 0 Å². The Bertz CT molecular complexity index is 1560. The number of fused-ring (bicyclic) bond motifs is 4. The predicted octanol–water partition coefficient (Wildman–Crippen LogP) is 6.74. The van der Waals surface area contributed by atoms with E-state index in [4.69, 9.17) is 21.1 Å². The van der Waals surface area contributed by atoms with Gasteiger partial charge >= 0.3 is 18.2 Å². The van der Waals surface area contributed by atoms with Crippen LogP contribution in [-0.2, 0) is 31.7 Å². The highest BCUT2D eigenvalue weighted by atomic mass is 35.5. The maximum Gasteiger partial charge on any atom is 0.416 e. The molecule has 0 spiro atoms. The summed E-state index contributed by atoms with van der Waals surface area (Å²) in [5, 5.41) is 2.38. The molecule has 3 heterocycles. The minimum atomic E-state index is -4.88. The van der Waals surface area contributed by atoms with Gasteiger partial charge in [0.05, 0.1) is 47.7 Å². The van der Waals surface area contributed by atoms with E-state index in [1.54, 1.807) is 24.4 Å². The number of hydrogen-bond acceptors (Lipinski definition) is 6. The highest BCUT2D eigenvalue weighted by Crippen LogP contribution is 2.43. The van der Waals surface area contributed by atoms with Gasteiger partial charge in [-0.2, -0.15) is 13.2 Å². The van der Waals surface area contributed by atoms with Crippen molar-refractivity contribution < 1.29 is 41.4 Å².